The lowest BCUT2D eigenvalue weighted by Crippen LogP contribution is -2.39. The molecule has 1 N–H and O–H groups in total. The van der Waals surface area contributed by atoms with Gasteiger partial charge in [0.05, 0.1) is 6.54 Å². The summed E-state index contributed by atoms with van der Waals surface area (Å²) in [4.78, 5) is 28.5. The van der Waals surface area contributed by atoms with Crippen molar-refractivity contribution in [2.75, 3.05) is 20.1 Å². The van der Waals surface area contributed by atoms with Crippen LogP contribution < -0.4 is 5.32 Å². The third-order valence-electron chi connectivity index (χ3n) is 2.26. The van der Waals surface area contributed by atoms with E-state index in [4.69, 9.17) is 11.6 Å². The summed E-state index contributed by atoms with van der Waals surface area (Å²) >= 11 is 5.71. The highest BCUT2D eigenvalue weighted by atomic mass is 35.5. The first-order valence-corrected chi connectivity index (χ1v) is 5.57. The number of carbonyl (C=O) groups excluding carboxylic acids is 2. The Balaban J connectivity index is 2.82. The SMILES string of the molecule is CCN(CC(=O)NC)C(=O)c1ccnc(Cl)c1. The Morgan fingerprint density at radius 3 is 2.76 bits per heavy atom. The molecular weight excluding hydrogens is 242 g/mol. The van der Waals surface area contributed by atoms with Gasteiger partial charge in [0.1, 0.15) is 5.15 Å². The van der Waals surface area contributed by atoms with Crippen LogP contribution in [0.3, 0.4) is 0 Å². The number of likely N-dealkylation sites (N-methyl/N-ethyl adjacent to an activating group) is 2. The van der Waals surface area contributed by atoms with Crippen LogP contribution in [-0.2, 0) is 4.79 Å². The highest BCUT2D eigenvalue weighted by Gasteiger charge is 2.16. The molecule has 1 rings (SSSR count). The second-order valence-electron chi connectivity index (χ2n) is 3.36. The van der Waals surface area contributed by atoms with Crippen LogP contribution in [0.15, 0.2) is 18.3 Å². The molecule has 0 spiro atoms. The molecule has 0 fully saturated rings. The predicted octanol–water partition coefficient (Wildman–Crippen LogP) is 0.943. The van der Waals surface area contributed by atoms with Crippen molar-refractivity contribution in [3.8, 4) is 0 Å². The average Bonchev–Trinajstić information content (AvgIpc) is 2.34. The highest BCUT2D eigenvalue weighted by Crippen LogP contribution is 2.09. The number of hydrogen-bond donors (Lipinski definition) is 1. The Hall–Kier alpha value is -1.62. The smallest absolute Gasteiger partial charge is 0.254 e. The van der Waals surface area contributed by atoms with Crippen molar-refractivity contribution >= 4 is 23.4 Å². The number of nitrogens with one attached hydrogen (secondary N) is 1. The molecule has 0 aromatic carbocycles. The van der Waals surface area contributed by atoms with E-state index in [0.29, 0.717) is 12.1 Å². The first kappa shape index (κ1) is 13.4. The summed E-state index contributed by atoms with van der Waals surface area (Å²) in [6.07, 6.45) is 1.46. The van der Waals surface area contributed by atoms with Gasteiger partial charge < -0.3 is 10.2 Å². The third kappa shape index (κ3) is 3.71. The van der Waals surface area contributed by atoms with Crippen LogP contribution in [0.1, 0.15) is 17.3 Å². The molecule has 5 nitrogen and oxygen atoms in total. The molecule has 6 heteroatoms. The highest BCUT2D eigenvalue weighted by molar-refractivity contribution is 6.29. The number of hydrogen-bond acceptors (Lipinski definition) is 3. The number of aromatic nitrogens is 1. The summed E-state index contributed by atoms with van der Waals surface area (Å²) in [6, 6.07) is 3.05. The van der Waals surface area contributed by atoms with Gasteiger partial charge in [-0.05, 0) is 19.1 Å². The molecular formula is C11H14ClN3O2. The number of halogens is 1. The first-order chi connectivity index (χ1) is 8.08. The second-order valence-corrected chi connectivity index (χ2v) is 3.75. The van der Waals surface area contributed by atoms with Gasteiger partial charge in [-0.1, -0.05) is 11.6 Å². The van der Waals surface area contributed by atoms with E-state index in [1.165, 1.54) is 24.2 Å². The van der Waals surface area contributed by atoms with E-state index in [0.717, 1.165) is 0 Å². The summed E-state index contributed by atoms with van der Waals surface area (Å²) in [6.45, 7) is 2.29. The number of amides is 2. The zero-order valence-corrected chi connectivity index (χ0v) is 10.5. The fraction of sp³-hybridized carbons (Fsp3) is 0.364. The lowest BCUT2D eigenvalue weighted by atomic mass is 10.2. The van der Waals surface area contributed by atoms with E-state index >= 15 is 0 Å². The molecule has 0 bridgehead atoms. The van der Waals surface area contributed by atoms with Gasteiger partial charge in [0, 0.05) is 25.4 Å². The van der Waals surface area contributed by atoms with Crippen LogP contribution in [-0.4, -0.2) is 41.8 Å². The largest absolute Gasteiger partial charge is 0.358 e. The zero-order chi connectivity index (χ0) is 12.8. The predicted molar refractivity (Wildman–Crippen MR) is 64.9 cm³/mol. The van der Waals surface area contributed by atoms with Gasteiger partial charge in [-0.25, -0.2) is 4.98 Å². The van der Waals surface area contributed by atoms with Crippen molar-refractivity contribution in [3.05, 3.63) is 29.0 Å². The van der Waals surface area contributed by atoms with E-state index in [1.54, 1.807) is 6.07 Å². The summed E-state index contributed by atoms with van der Waals surface area (Å²) in [7, 11) is 1.53. The number of pyridine rings is 1. The number of nitrogens with zero attached hydrogens (tertiary/aromatic N) is 2. The van der Waals surface area contributed by atoms with Crippen molar-refractivity contribution in [1.29, 1.82) is 0 Å². The molecule has 0 unspecified atom stereocenters. The Labute approximate surface area is 105 Å². The second kappa shape index (κ2) is 6.20. The summed E-state index contributed by atoms with van der Waals surface area (Å²) in [5.74, 6) is -0.444. The fourth-order valence-electron chi connectivity index (χ4n) is 1.30. The van der Waals surface area contributed by atoms with Gasteiger partial charge in [-0.15, -0.1) is 0 Å². The van der Waals surface area contributed by atoms with Crippen LogP contribution in [0.25, 0.3) is 0 Å². The molecule has 17 heavy (non-hydrogen) atoms. The van der Waals surface area contributed by atoms with Crippen LogP contribution in [0.5, 0.6) is 0 Å². The molecule has 2 amide bonds. The number of rotatable bonds is 4. The van der Waals surface area contributed by atoms with Gasteiger partial charge in [-0.2, -0.15) is 0 Å². The normalized spacial score (nSPS) is 9.82. The van der Waals surface area contributed by atoms with E-state index in [1.807, 2.05) is 6.92 Å². The molecule has 0 aliphatic carbocycles. The molecule has 1 aromatic rings. The fourth-order valence-corrected chi connectivity index (χ4v) is 1.47. The quantitative estimate of drug-likeness (QED) is 0.815. The zero-order valence-electron chi connectivity index (χ0n) is 9.74. The Kier molecular flexibility index (Phi) is 4.90. The van der Waals surface area contributed by atoms with Gasteiger partial charge >= 0.3 is 0 Å². The van der Waals surface area contributed by atoms with Crippen LogP contribution >= 0.6 is 11.6 Å². The topological polar surface area (TPSA) is 62.3 Å². The molecule has 1 heterocycles. The molecule has 92 valence electrons. The molecule has 0 saturated carbocycles. The van der Waals surface area contributed by atoms with Crippen molar-refractivity contribution in [2.24, 2.45) is 0 Å². The van der Waals surface area contributed by atoms with Crippen molar-refractivity contribution in [2.45, 2.75) is 6.92 Å². The molecule has 0 radical (unpaired) electrons. The standard InChI is InChI=1S/C11H14ClN3O2/c1-3-15(7-10(16)13-2)11(17)8-4-5-14-9(12)6-8/h4-6H,3,7H2,1-2H3,(H,13,16). The van der Waals surface area contributed by atoms with Gasteiger partial charge in [-0.3, -0.25) is 9.59 Å². The molecule has 0 atom stereocenters. The minimum absolute atomic E-state index is 0.0335. The van der Waals surface area contributed by atoms with Crippen molar-refractivity contribution in [1.82, 2.24) is 15.2 Å². The Morgan fingerprint density at radius 2 is 2.24 bits per heavy atom. The minimum Gasteiger partial charge on any atom is -0.358 e. The Bertz CT molecular complexity index is 423. The van der Waals surface area contributed by atoms with E-state index in [-0.39, 0.29) is 23.5 Å². The summed E-state index contributed by atoms with van der Waals surface area (Å²) < 4.78 is 0. The van der Waals surface area contributed by atoms with Crippen LogP contribution in [0, 0.1) is 0 Å². The summed E-state index contributed by atoms with van der Waals surface area (Å²) in [5, 5.41) is 2.73. The van der Waals surface area contributed by atoms with Crippen LogP contribution in [0.4, 0.5) is 0 Å². The molecule has 1 aromatic heterocycles. The Morgan fingerprint density at radius 1 is 1.53 bits per heavy atom. The lowest BCUT2D eigenvalue weighted by molar-refractivity contribution is -0.121. The average molecular weight is 256 g/mol. The monoisotopic (exact) mass is 255 g/mol. The molecule has 0 aliphatic heterocycles. The van der Waals surface area contributed by atoms with Crippen molar-refractivity contribution in [3.63, 3.8) is 0 Å². The maximum absolute atomic E-state index is 12.0. The third-order valence-corrected chi connectivity index (χ3v) is 2.46. The van der Waals surface area contributed by atoms with E-state index in [2.05, 4.69) is 10.3 Å². The molecule has 0 saturated heterocycles. The summed E-state index contributed by atoms with van der Waals surface area (Å²) in [5.41, 5.74) is 0.427. The van der Waals surface area contributed by atoms with E-state index in [9.17, 15) is 9.59 Å². The maximum Gasteiger partial charge on any atom is 0.254 e. The maximum atomic E-state index is 12.0. The van der Waals surface area contributed by atoms with Gasteiger partial charge in [0.15, 0.2) is 0 Å². The van der Waals surface area contributed by atoms with Crippen molar-refractivity contribution < 1.29 is 9.59 Å². The first-order valence-electron chi connectivity index (χ1n) is 5.20. The lowest BCUT2D eigenvalue weighted by Gasteiger charge is -2.19. The van der Waals surface area contributed by atoms with Gasteiger partial charge in [0.25, 0.3) is 5.91 Å². The van der Waals surface area contributed by atoms with E-state index < -0.39 is 0 Å². The molecule has 0 aliphatic rings. The number of carbonyl (C=O) groups is 2. The van der Waals surface area contributed by atoms with Crippen LogP contribution in [0.2, 0.25) is 5.15 Å². The minimum atomic E-state index is -0.236. The van der Waals surface area contributed by atoms with Gasteiger partial charge in [0.2, 0.25) is 5.91 Å².